The van der Waals surface area contributed by atoms with Crippen LogP contribution in [0.25, 0.3) is 0 Å². The maximum Gasteiger partial charge on any atom is 0.191 e. The minimum Gasteiger partial charge on any atom is -0.496 e. The molecule has 0 heterocycles. The van der Waals surface area contributed by atoms with E-state index in [4.69, 9.17) is 19.2 Å². The van der Waals surface area contributed by atoms with Crippen molar-refractivity contribution in [1.82, 2.24) is 15.5 Å². The lowest BCUT2D eigenvalue weighted by molar-refractivity contribution is 0.0698. The minimum absolute atomic E-state index is 0.133. The van der Waals surface area contributed by atoms with Gasteiger partial charge in [-0.25, -0.2) is 0 Å². The fourth-order valence-corrected chi connectivity index (χ4v) is 2.63. The van der Waals surface area contributed by atoms with Gasteiger partial charge in [-0.2, -0.15) is 0 Å². The van der Waals surface area contributed by atoms with Crippen molar-refractivity contribution in [1.29, 1.82) is 0 Å². The Hall–Kier alpha value is -1.83. The Morgan fingerprint density at radius 3 is 2.56 bits per heavy atom. The number of rotatable bonds is 13. The van der Waals surface area contributed by atoms with Crippen molar-refractivity contribution in [3.05, 3.63) is 29.8 Å². The monoisotopic (exact) mass is 380 g/mol. The van der Waals surface area contributed by atoms with Gasteiger partial charge in [0.05, 0.1) is 32.9 Å². The van der Waals surface area contributed by atoms with E-state index in [2.05, 4.69) is 42.6 Å². The van der Waals surface area contributed by atoms with E-state index in [-0.39, 0.29) is 6.04 Å². The molecule has 0 radical (unpaired) electrons. The number of hydrogen-bond donors (Lipinski definition) is 2. The number of benzene rings is 1. The summed E-state index contributed by atoms with van der Waals surface area (Å²) in [7, 11) is 7.50. The van der Waals surface area contributed by atoms with Crippen LogP contribution in [0.2, 0.25) is 0 Å². The lowest BCUT2D eigenvalue weighted by atomic mass is 10.0. The summed E-state index contributed by atoms with van der Waals surface area (Å²) in [5.41, 5.74) is 1.14. The summed E-state index contributed by atoms with van der Waals surface area (Å²) < 4.78 is 16.0. The molecule has 0 aromatic heterocycles. The molecule has 0 aliphatic rings. The summed E-state index contributed by atoms with van der Waals surface area (Å²) in [6, 6.07) is 8.23. The highest BCUT2D eigenvalue weighted by molar-refractivity contribution is 5.79. The summed E-state index contributed by atoms with van der Waals surface area (Å²) in [5, 5.41) is 6.66. The summed E-state index contributed by atoms with van der Waals surface area (Å²) in [6.07, 6.45) is 0.914. The van der Waals surface area contributed by atoms with Crippen LogP contribution in [0.4, 0.5) is 0 Å². The Bertz CT molecular complexity index is 538. The van der Waals surface area contributed by atoms with Gasteiger partial charge in [0.2, 0.25) is 0 Å². The van der Waals surface area contributed by atoms with Crippen LogP contribution in [0.5, 0.6) is 5.75 Å². The third kappa shape index (κ3) is 9.08. The van der Waals surface area contributed by atoms with E-state index in [9.17, 15) is 0 Å². The maximum atomic E-state index is 5.52. The topological polar surface area (TPSA) is 67.4 Å². The number of ether oxygens (including phenoxy) is 3. The summed E-state index contributed by atoms with van der Waals surface area (Å²) in [4.78, 5) is 6.93. The number of nitrogens with one attached hydrogen (secondary N) is 2. The molecule has 0 saturated carbocycles. The molecule has 1 aromatic carbocycles. The predicted molar refractivity (Wildman–Crippen MR) is 111 cm³/mol. The van der Waals surface area contributed by atoms with Crippen LogP contribution in [0, 0.1) is 0 Å². The Morgan fingerprint density at radius 1 is 1.11 bits per heavy atom. The third-order valence-electron chi connectivity index (χ3n) is 4.08. The summed E-state index contributed by atoms with van der Waals surface area (Å²) in [5.74, 6) is 1.70. The Kier molecular flexibility index (Phi) is 12.3. The Labute approximate surface area is 164 Å². The van der Waals surface area contributed by atoms with Crippen LogP contribution in [0.1, 0.15) is 24.9 Å². The number of nitrogens with zero attached hydrogens (tertiary/aromatic N) is 2. The quantitative estimate of drug-likeness (QED) is 0.310. The number of guanidine groups is 1. The van der Waals surface area contributed by atoms with Gasteiger partial charge in [-0.05, 0) is 33.5 Å². The van der Waals surface area contributed by atoms with Crippen molar-refractivity contribution in [3.8, 4) is 5.75 Å². The van der Waals surface area contributed by atoms with Gasteiger partial charge in [-0.3, -0.25) is 4.99 Å². The second-order valence-corrected chi connectivity index (χ2v) is 6.33. The molecule has 0 amide bonds. The molecule has 2 N–H and O–H groups in total. The van der Waals surface area contributed by atoms with E-state index in [1.54, 1.807) is 14.2 Å². The van der Waals surface area contributed by atoms with Crippen molar-refractivity contribution in [2.45, 2.75) is 19.4 Å². The number of likely N-dealkylation sites (N-methyl/N-ethyl adjacent to an activating group) is 1. The Balaban J connectivity index is 2.62. The zero-order valence-electron chi connectivity index (χ0n) is 17.5. The zero-order chi connectivity index (χ0) is 19.9. The van der Waals surface area contributed by atoms with E-state index in [1.807, 2.05) is 18.2 Å². The van der Waals surface area contributed by atoms with Gasteiger partial charge in [-0.15, -0.1) is 0 Å². The molecular weight excluding hydrogens is 344 g/mol. The summed E-state index contributed by atoms with van der Waals surface area (Å²) in [6.45, 7) is 6.29. The molecule has 27 heavy (non-hydrogen) atoms. The van der Waals surface area contributed by atoms with Crippen LogP contribution in [-0.2, 0) is 9.47 Å². The van der Waals surface area contributed by atoms with E-state index < -0.39 is 0 Å². The molecule has 1 aromatic rings. The first kappa shape index (κ1) is 23.2. The van der Waals surface area contributed by atoms with Gasteiger partial charge in [-0.1, -0.05) is 18.2 Å². The SMILES string of the molecule is CCNC(=NCC(c1ccccc1OC)N(C)C)NCCCOCCOC. The third-order valence-corrected chi connectivity index (χ3v) is 4.08. The van der Waals surface area contributed by atoms with E-state index in [0.29, 0.717) is 26.4 Å². The molecule has 1 atom stereocenters. The van der Waals surface area contributed by atoms with Gasteiger partial charge >= 0.3 is 0 Å². The number of methoxy groups -OCH3 is 2. The minimum atomic E-state index is 0.133. The second kappa shape index (κ2) is 14.3. The first-order chi connectivity index (χ1) is 13.1. The van der Waals surface area contributed by atoms with Crippen molar-refractivity contribution in [2.75, 3.05) is 67.8 Å². The van der Waals surface area contributed by atoms with E-state index in [0.717, 1.165) is 36.8 Å². The predicted octanol–water partition coefficient (Wildman–Crippen LogP) is 1.91. The first-order valence-electron chi connectivity index (χ1n) is 9.52. The molecule has 0 spiro atoms. The van der Waals surface area contributed by atoms with Gasteiger partial charge < -0.3 is 29.7 Å². The fourth-order valence-electron chi connectivity index (χ4n) is 2.63. The van der Waals surface area contributed by atoms with Crippen LogP contribution in [0.3, 0.4) is 0 Å². The van der Waals surface area contributed by atoms with Crippen LogP contribution >= 0.6 is 0 Å². The second-order valence-electron chi connectivity index (χ2n) is 6.33. The highest BCUT2D eigenvalue weighted by Gasteiger charge is 2.18. The van der Waals surface area contributed by atoms with Gasteiger partial charge in [0, 0.05) is 32.4 Å². The van der Waals surface area contributed by atoms with Gasteiger partial charge in [0.25, 0.3) is 0 Å². The number of aliphatic imine (C=N–C) groups is 1. The fraction of sp³-hybridized carbons (Fsp3) is 0.650. The van der Waals surface area contributed by atoms with Crippen molar-refractivity contribution in [3.63, 3.8) is 0 Å². The molecule has 7 heteroatoms. The molecule has 154 valence electrons. The number of para-hydroxylation sites is 1. The smallest absolute Gasteiger partial charge is 0.191 e. The highest BCUT2D eigenvalue weighted by Crippen LogP contribution is 2.28. The average molecular weight is 381 g/mol. The van der Waals surface area contributed by atoms with Gasteiger partial charge in [0.15, 0.2) is 5.96 Å². The van der Waals surface area contributed by atoms with Crippen molar-refractivity contribution >= 4 is 5.96 Å². The molecule has 0 bridgehead atoms. The maximum absolute atomic E-state index is 5.52. The van der Waals surface area contributed by atoms with Crippen molar-refractivity contribution in [2.24, 2.45) is 4.99 Å². The van der Waals surface area contributed by atoms with Crippen LogP contribution < -0.4 is 15.4 Å². The van der Waals surface area contributed by atoms with Gasteiger partial charge in [0.1, 0.15) is 5.75 Å². The molecule has 0 fully saturated rings. The molecule has 0 aliphatic heterocycles. The lowest BCUT2D eigenvalue weighted by Gasteiger charge is -2.25. The molecule has 0 aliphatic carbocycles. The normalized spacial score (nSPS) is 12.9. The lowest BCUT2D eigenvalue weighted by Crippen LogP contribution is -2.38. The average Bonchev–Trinajstić information content (AvgIpc) is 2.67. The zero-order valence-corrected chi connectivity index (χ0v) is 17.5. The first-order valence-corrected chi connectivity index (χ1v) is 9.52. The van der Waals surface area contributed by atoms with E-state index in [1.165, 1.54) is 0 Å². The number of hydrogen-bond acceptors (Lipinski definition) is 5. The van der Waals surface area contributed by atoms with Crippen molar-refractivity contribution < 1.29 is 14.2 Å². The van der Waals surface area contributed by atoms with E-state index >= 15 is 0 Å². The molecule has 0 saturated heterocycles. The molecule has 7 nitrogen and oxygen atoms in total. The molecule has 1 unspecified atom stereocenters. The highest BCUT2D eigenvalue weighted by atomic mass is 16.5. The summed E-state index contributed by atoms with van der Waals surface area (Å²) >= 11 is 0. The van der Waals surface area contributed by atoms with Crippen LogP contribution in [0.15, 0.2) is 29.3 Å². The van der Waals surface area contributed by atoms with Crippen LogP contribution in [-0.4, -0.2) is 78.6 Å². The largest absolute Gasteiger partial charge is 0.496 e. The Morgan fingerprint density at radius 2 is 1.89 bits per heavy atom. The standard InChI is InChI=1S/C20H36N4O3/c1-6-21-20(22-12-9-13-27-15-14-25-4)23-16-18(24(2)3)17-10-7-8-11-19(17)26-5/h7-8,10-11,18H,6,9,12-16H2,1-5H3,(H2,21,22,23). The molecule has 1 rings (SSSR count). The molecular formula is C20H36N4O3.